The predicted molar refractivity (Wildman–Crippen MR) is 100.0 cm³/mol. The van der Waals surface area contributed by atoms with E-state index in [1.807, 2.05) is 6.07 Å². The summed E-state index contributed by atoms with van der Waals surface area (Å²) in [5.41, 5.74) is 1.42. The van der Waals surface area contributed by atoms with E-state index in [0.717, 1.165) is 53.8 Å². The minimum absolute atomic E-state index is 0.142. The summed E-state index contributed by atoms with van der Waals surface area (Å²) < 4.78 is 7.16. The van der Waals surface area contributed by atoms with Gasteiger partial charge >= 0.3 is 4.87 Å². The monoisotopic (exact) mass is 386 g/mol. The summed E-state index contributed by atoms with van der Waals surface area (Å²) in [7, 11) is 0. The summed E-state index contributed by atoms with van der Waals surface area (Å²) in [6.07, 6.45) is 5.60. The van der Waals surface area contributed by atoms with Crippen LogP contribution in [0.3, 0.4) is 0 Å². The first-order valence-electron chi connectivity index (χ1n) is 8.86. The molecule has 0 aromatic carbocycles. The number of hydrogen-bond donors (Lipinski definition) is 2. The molecule has 0 bridgehead atoms. The van der Waals surface area contributed by atoms with Gasteiger partial charge in [-0.3, -0.25) is 14.8 Å². The number of aromatic hydroxyl groups is 1. The Balaban J connectivity index is 1.71. The number of ether oxygens (including phenoxy) is 1. The Kier molecular flexibility index (Phi) is 3.94. The number of morpholine rings is 1. The van der Waals surface area contributed by atoms with Crippen LogP contribution in [-0.2, 0) is 4.74 Å². The third-order valence-corrected chi connectivity index (χ3v) is 5.43. The predicted octanol–water partition coefficient (Wildman–Crippen LogP) is -0.368. The molecule has 1 saturated heterocycles. The van der Waals surface area contributed by atoms with Gasteiger partial charge in [0.05, 0.1) is 30.3 Å². The number of hydrogen-bond acceptors (Lipinski definition) is 8. The highest BCUT2D eigenvalue weighted by Crippen LogP contribution is 2.23. The van der Waals surface area contributed by atoms with Gasteiger partial charge < -0.3 is 14.7 Å². The summed E-state index contributed by atoms with van der Waals surface area (Å²) >= 11 is 0.946. The van der Waals surface area contributed by atoms with E-state index in [9.17, 15) is 9.90 Å². The Morgan fingerprint density at radius 1 is 1.37 bits per heavy atom. The first-order valence-corrected chi connectivity index (χ1v) is 9.68. The van der Waals surface area contributed by atoms with Gasteiger partial charge in [-0.25, -0.2) is 4.98 Å². The summed E-state index contributed by atoms with van der Waals surface area (Å²) in [4.78, 5) is 25.7. The van der Waals surface area contributed by atoms with Gasteiger partial charge in [-0.1, -0.05) is 11.3 Å². The number of rotatable bonds is 3. The second kappa shape index (κ2) is 6.46. The molecule has 10 heteroatoms. The third-order valence-electron chi connectivity index (χ3n) is 4.61. The fourth-order valence-corrected chi connectivity index (χ4v) is 3.74. The average molecular weight is 386 g/mol. The lowest BCUT2D eigenvalue weighted by molar-refractivity contribution is 0.122. The topological polar surface area (TPSA) is 108 Å². The van der Waals surface area contributed by atoms with Crippen LogP contribution in [0.5, 0.6) is 5.88 Å². The summed E-state index contributed by atoms with van der Waals surface area (Å²) in [6.45, 7) is 2.90. The number of aromatic nitrogens is 4. The van der Waals surface area contributed by atoms with E-state index in [1.165, 1.54) is 0 Å². The molecule has 0 amide bonds. The van der Waals surface area contributed by atoms with Crippen molar-refractivity contribution in [2.24, 2.45) is 4.99 Å². The average Bonchev–Trinajstić information content (AvgIpc) is 3.31. The van der Waals surface area contributed by atoms with E-state index in [4.69, 9.17) is 14.7 Å². The molecule has 140 valence electrons. The van der Waals surface area contributed by atoms with Crippen molar-refractivity contribution in [1.29, 1.82) is 0 Å². The van der Waals surface area contributed by atoms with E-state index < -0.39 is 0 Å². The number of aromatic amines is 1. The molecule has 4 heterocycles. The normalized spacial score (nSPS) is 19.3. The number of thiazole rings is 1. The molecule has 2 N–H and O–H groups in total. The molecule has 2 fully saturated rings. The molecule has 3 aromatic rings. The maximum Gasteiger partial charge on any atom is 0.307 e. The number of fused-ring (bicyclic) bond motifs is 1. The van der Waals surface area contributed by atoms with Crippen LogP contribution >= 0.6 is 11.3 Å². The zero-order chi connectivity index (χ0) is 18.4. The summed E-state index contributed by atoms with van der Waals surface area (Å²) in [5.74, 6) is 0.698. The number of anilines is 1. The minimum atomic E-state index is -0.304. The number of nitrogens with zero attached hydrogens (tertiary/aromatic N) is 5. The fraction of sp³-hybridized carbons (Fsp3) is 0.412. The van der Waals surface area contributed by atoms with E-state index in [1.54, 1.807) is 16.8 Å². The minimum Gasteiger partial charge on any atom is -0.493 e. The van der Waals surface area contributed by atoms with Crippen molar-refractivity contribution in [2.75, 3.05) is 31.2 Å². The first-order chi connectivity index (χ1) is 13.2. The Labute approximate surface area is 157 Å². The Hall–Kier alpha value is -2.72. The Morgan fingerprint density at radius 3 is 2.89 bits per heavy atom. The van der Waals surface area contributed by atoms with Gasteiger partial charge in [0.15, 0.2) is 11.1 Å². The van der Waals surface area contributed by atoms with Crippen molar-refractivity contribution in [3.8, 4) is 5.88 Å². The smallest absolute Gasteiger partial charge is 0.307 e. The Morgan fingerprint density at radius 2 is 2.19 bits per heavy atom. The van der Waals surface area contributed by atoms with Crippen LogP contribution in [0.4, 0.5) is 5.82 Å². The van der Waals surface area contributed by atoms with Crippen LogP contribution < -0.4 is 20.5 Å². The second-order valence-electron chi connectivity index (χ2n) is 6.64. The highest BCUT2D eigenvalue weighted by molar-refractivity contribution is 7.10. The molecule has 1 aliphatic heterocycles. The maximum atomic E-state index is 11.5. The van der Waals surface area contributed by atoms with Gasteiger partial charge in [0.1, 0.15) is 5.82 Å². The molecule has 0 atom stereocenters. The molecule has 5 rings (SSSR count). The van der Waals surface area contributed by atoms with Crippen LogP contribution in [0.25, 0.3) is 11.7 Å². The van der Waals surface area contributed by atoms with Gasteiger partial charge in [0.25, 0.3) is 0 Å². The SMILES string of the molecule is O=c1[nH]c(O)c(/C=c2/cnn3c(=NC4CC4)cc(N4CCOCC4)nc23)s1. The van der Waals surface area contributed by atoms with Crippen molar-refractivity contribution in [3.63, 3.8) is 0 Å². The van der Waals surface area contributed by atoms with Gasteiger partial charge in [-0.05, 0) is 18.9 Å². The Bertz CT molecular complexity index is 1170. The zero-order valence-electron chi connectivity index (χ0n) is 14.5. The van der Waals surface area contributed by atoms with E-state index in [2.05, 4.69) is 15.0 Å². The van der Waals surface area contributed by atoms with Gasteiger partial charge in [0, 0.05) is 24.4 Å². The molecule has 3 aromatic heterocycles. The van der Waals surface area contributed by atoms with Crippen LogP contribution in [0.1, 0.15) is 17.7 Å². The van der Waals surface area contributed by atoms with Crippen molar-refractivity contribution in [1.82, 2.24) is 19.6 Å². The van der Waals surface area contributed by atoms with Crippen molar-refractivity contribution < 1.29 is 9.84 Å². The molecular formula is C17H18N6O3S. The van der Waals surface area contributed by atoms with Crippen LogP contribution in [0.2, 0.25) is 0 Å². The number of nitrogens with one attached hydrogen (secondary N) is 1. The van der Waals surface area contributed by atoms with Gasteiger partial charge in [0.2, 0.25) is 5.88 Å². The lowest BCUT2D eigenvalue weighted by Crippen LogP contribution is -2.38. The maximum absolute atomic E-state index is 11.5. The lowest BCUT2D eigenvalue weighted by atomic mass is 10.3. The lowest BCUT2D eigenvalue weighted by Gasteiger charge is -2.27. The molecule has 0 spiro atoms. The van der Waals surface area contributed by atoms with Crippen molar-refractivity contribution in [2.45, 2.75) is 18.9 Å². The van der Waals surface area contributed by atoms with Crippen LogP contribution in [0.15, 0.2) is 22.1 Å². The quantitative estimate of drug-likeness (QED) is 0.636. The molecule has 1 aliphatic carbocycles. The molecule has 27 heavy (non-hydrogen) atoms. The van der Waals surface area contributed by atoms with Crippen molar-refractivity contribution in [3.05, 3.63) is 37.5 Å². The first kappa shape index (κ1) is 16.5. The molecule has 2 aliphatic rings. The highest BCUT2D eigenvalue weighted by atomic mass is 32.1. The number of H-pyrrole nitrogens is 1. The molecule has 0 radical (unpaired) electrons. The standard InChI is InChI=1S/C17H18N6O3S/c24-16-12(27-17(25)21-16)7-10-9-18-23-14(19-11-1-2-11)8-13(20-15(10)23)22-3-5-26-6-4-22/h7-9,11,24H,1-6H2,(H,21,25)/b10-7-,19-14?. The van der Waals surface area contributed by atoms with Crippen molar-refractivity contribution >= 4 is 28.9 Å². The van der Waals surface area contributed by atoms with Gasteiger partial charge in [-0.2, -0.15) is 9.61 Å². The fourth-order valence-electron chi connectivity index (χ4n) is 3.06. The summed E-state index contributed by atoms with van der Waals surface area (Å²) in [6, 6.07) is 2.32. The third kappa shape index (κ3) is 3.21. The van der Waals surface area contributed by atoms with E-state index >= 15 is 0 Å². The highest BCUT2D eigenvalue weighted by Gasteiger charge is 2.21. The van der Waals surface area contributed by atoms with Crippen LogP contribution in [0, 0.1) is 0 Å². The van der Waals surface area contributed by atoms with Gasteiger partial charge in [-0.15, -0.1) is 0 Å². The molecule has 9 nitrogen and oxygen atoms in total. The molecule has 1 saturated carbocycles. The largest absolute Gasteiger partial charge is 0.493 e. The zero-order valence-corrected chi connectivity index (χ0v) is 15.3. The van der Waals surface area contributed by atoms with E-state index in [-0.39, 0.29) is 10.8 Å². The summed E-state index contributed by atoms with van der Waals surface area (Å²) in [5, 5.41) is 15.0. The second-order valence-corrected chi connectivity index (χ2v) is 7.65. The molecule has 0 unspecified atom stereocenters. The van der Waals surface area contributed by atoms with E-state index in [0.29, 0.717) is 29.8 Å². The van der Waals surface area contributed by atoms with Crippen LogP contribution in [-0.4, -0.2) is 57.0 Å². The molecular weight excluding hydrogens is 368 g/mol.